The van der Waals surface area contributed by atoms with Crippen molar-refractivity contribution in [3.05, 3.63) is 12.1 Å². The van der Waals surface area contributed by atoms with E-state index in [9.17, 15) is 31.6 Å². The summed E-state index contributed by atoms with van der Waals surface area (Å²) in [4.78, 5) is -1.83. The van der Waals surface area contributed by atoms with E-state index in [0.717, 1.165) is 6.07 Å². The Labute approximate surface area is 139 Å². The Morgan fingerprint density at radius 2 is 1.42 bits per heavy atom. The van der Waals surface area contributed by atoms with Gasteiger partial charge >= 0.3 is 0 Å². The molecule has 0 bridgehead atoms. The highest BCUT2D eigenvalue weighted by molar-refractivity contribution is 7.86. The SMILES string of the molecule is CC(O)COc1cc(S(=O)(=O)O)cc(S(=O)(=O)O)c1OCC(C)O. The lowest BCUT2D eigenvalue weighted by Gasteiger charge is -2.17. The Morgan fingerprint density at radius 1 is 0.917 bits per heavy atom. The fraction of sp³-hybridized carbons (Fsp3) is 0.500. The number of rotatable bonds is 8. The average Bonchev–Trinajstić information content (AvgIpc) is 2.40. The van der Waals surface area contributed by atoms with Gasteiger partial charge in [0.25, 0.3) is 20.2 Å². The zero-order valence-electron chi connectivity index (χ0n) is 12.8. The lowest BCUT2D eigenvalue weighted by Crippen LogP contribution is -2.18. The summed E-state index contributed by atoms with van der Waals surface area (Å²) in [5.74, 6) is -1.02. The highest BCUT2D eigenvalue weighted by Gasteiger charge is 2.27. The van der Waals surface area contributed by atoms with Gasteiger partial charge in [-0.1, -0.05) is 0 Å². The molecular weight excluding hydrogens is 368 g/mol. The van der Waals surface area contributed by atoms with Gasteiger partial charge in [-0.2, -0.15) is 16.8 Å². The van der Waals surface area contributed by atoms with Crippen molar-refractivity contribution in [1.82, 2.24) is 0 Å². The van der Waals surface area contributed by atoms with Gasteiger partial charge in [0.2, 0.25) is 0 Å². The largest absolute Gasteiger partial charge is 0.487 e. The van der Waals surface area contributed by atoms with Crippen LogP contribution in [-0.2, 0) is 20.2 Å². The molecule has 4 N–H and O–H groups in total. The molecule has 1 rings (SSSR count). The maximum absolute atomic E-state index is 11.5. The molecule has 0 saturated carbocycles. The van der Waals surface area contributed by atoms with E-state index in [-0.39, 0.29) is 6.61 Å². The van der Waals surface area contributed by atoms with E-state index in [1.54, 1.807) is 0 Å². The summed E-state index contributed by atoms with van der Waals surface area (Å²) in [5, 5.41) is 18.5. The fourth-order valence-electron chi connectivity index (χ4n) is 1.56. The first-order valence-corrected chi connectivity index (χ1v) is 9.45. The molecule has 138 valence electrons. The van der Waals surface area contributed by atoms with E-state index in [1.807, 2.05) is 0 Å². The minimum Gasteiger partial charge on any atom is -0.487 e. The van der Waals surface area contributed by atoms with Crippen molar-refractivity contribution in [2.24, 2.45) is 0 Å². The average molecular weight is 386 g/mol. The van der Waals surface area contributed by atoms with Crippen LogP contribution in [0.15, 0.2) is 21.9 Å². The fourth-order valence-corrected chi connectivity index (χ4v) is 2.82. The molecule has 2 atom stereocenters. The van der Waals surface area contributed by atoms with E-state index in [4.69, 9.17) is 14.0 Å². The quantitative estimate of drug-likeness (QED) is 0.435. The second kappa shape index (κ2) is 7.63. The number of ether oxygens (including phenoxy) is 2. The van der Waals surface area contributed by atoms with Gasteiger partial charge in [0.05, 0.1) is 17.1 Å². The molecule has 0 amide bonds. The summed E-state index contributed by atoms with van der Waals surface area (Å²) in [6.07, 6.45) is -2.00. The van der Waals surface area contributed by atoms with Gasteiger partial charge in [0.15, 0.2) is 11.5 Å². The topological polar surface area (TPSA) is 168 Å². The second-order valence-electron chi connectivity index (χ2n) is 5.02. The molecule has 2 unspecified atom stereocenters. The highest BCUT2D eigenvalue weighted by Crippen LogP contribution is 2.37. The third-order valence-corrected chi connectivity index (χ3v) is 4.21. The van der Waals surface area contributed by atoms with Crippen LogP contribution in [-0.4, -0.2) is 61.6 Å². The molecule has 0 fully saturated rings. The molecule has 0 aliphatic rings. The smallest absolute Gasteiger partial charge is 0.298 e. The summed E-state index contributed by atoms with van der Waals surface area (Å²) < 4.78 is 74.1. The van der Waals surface area contributed by atoms with Gasteiger partial charge in [-0.05, 0) is 19.9 Å². The molecule has 10 nitrogen and oxygen atoms in total. The molecule has 0 heterocycles. The van der Waals surface area contributed by atoms with Gasteiger partial charge in [0, 0.05) is 6.07 Å². The van der Waals surface area contributed by atoms with Crippen LogP contribution in [0.4, 0.5) is 0 Å². The van der Waals surface area contributed by atoms with Crippen molar-refractivity contribution in [1.29, 1.82) is 0 Å². The summed E-state index contributed by atoms with van der Waals surface area (Å²) >= 11 is 0. The van der Waals surface area contributed by atoms with E-state index < -0.39 is 60.3 Å². The summed E-state index contributed by atoms with van der Waals surface area (Å²) in [6, 6.07) is 1.25. The minimum atomic E-state index is -4.95. The van der Waals surface area contributed by atoms with E-state index >= 15 is 0 Å². The molecule has 1 aromatic rings. The molecule has 0 aliphatic heterocycles. The molecular formula is C12H18O10S2. The Kier molecular flexibility index (Phi) is 6.55. The number of aliphatic hydroxyl groups is 2. The monoisotopic (exact) mass is 386 g/mol. The first-order valence-electron chi connectivity index (χ1n) is 6.57. The van der Waals surface area contributed by atoms with Crippen molar-refractivity contribution in [2.75, 3.05) is 13.2 Å². The molecule has 0 aromatic heterocycles. The third kappa shape index (κ3) is 5.89. The minimum absolute atomic E-state index is 0.356. The highest BCUT2D eigenvalue weighted by atomic mass is 32.2. The molecule has 24 heavy (non-hydrogen) atoms. The first kappa shape index (κ1) is 20.6. The van der Waals surface area contributed by atoms with Gasteiger partial charge < -0.3 is 19.7 Å². The Bertz CT molecular complexity index is 780. The predicted octanol–water partition coefficient (Wildman–Crippen LogP) is -0.301. The second-order valence-corrected chi connectivity index (χ2v) is 7.83. The zero-order valence-corrected chi connectivity index (χ0v) is 14.4. The number of hydrogen-bond donors (Lipinski definition) is 4. The van der Waals surface area contributed by atoms with Crippen LogP contribution in [0.3, 0.4) is 0 Å². The van der Waals surface area contributed by atoms with Crippen molar-refractivity contribution < 1.29 is 45.6 Å². The van der Waals surface area contributed by atoms with E-state index in [0.29, 0.717) is 6.07 Å². The van der Waals surface area contributed by atoms with Crippen molar-refractivity contribution >= 4 is 20.2 Å². The van der Waals surface area contributed by atoms with Crippen LogP contribution in [0.25, 0.3) is 0 Å². The Balaban J connectivity index is 3.59. The van der Waals surface area contributed by atoms with Crippen LogP contribution in [0.2, 0.25) is 0 Å². The summed E-state index contributed by atoms with van der Waals surface area (Å²) in [6.45, 7) is 1.95. The Hall–Kier alpha value is -1.44. The molecule has 0 radical (unpaired) electrons. The maximum atomic E-state index is 11.5. The number of hydrogen-bond acceptors (Lipinski definition) is 8. The third-order valence-electron chi connectivity index (χ3n) is 2.52. The summed E-state index contributed by atoms with van der Waals surface area (Å²) in [5.41, 5.74) is 0. The lowest BCUT2D eigenvalue weighted by atomic mass is 10.3. The Morgan fingerprint density at radius 3 is 1.83 bits per heavy atom. The van der Waals surface area contributed by atoms with Crippen LogP contribution >= 0.6 is 0 Å². The van der Waals surface area contributed by atoms with Gasteiger partial charge in [-0.3, -0.25) is 9.11 Å². The zero-order chi connectivity index (χ0) is 18.7. The van der Waals surface area contributed by atoms with Gasteiger partial charge in [-0.15, -0.1) is 0 Å². The van der Waals surface area contributed by atoms with Crippen molar-refractivity contribution in [2.45, 2.75) is 35.8 Å². The van der Waals surface area contributed by atoms with Crippen LogP contribution in [0.5, 0.6) is 11.5 Å². The molecule has 0 saturated heterocycles. The maximum Gasteiger partial charge on any atom is 0.298 e. The first-order chi connectivity index (χ1) is 10.8. The van der Waals surface area contributed by atoms with Gasteiger partial charge in [-0.25, -0.2) is 0 Å². The molecule has 0 aliphatic carbocycles. The van der Waals surface area contributed by atoms with Crippen LogP contribution in [0.1, 0.15) is 13.8 Å². The molecule has 0 spiro atoms. The number of benzene rings is 1. The van der Waals surface area contributed by atoms with E-state index in [1.165, 1.54) is 13.8 Å². The normalized spacial score (nSPS) is 14.9. The molecule has 1 aromatic carbocycles. The van der Waals surface area contributed by atoms with Crippen LogP contribution in [0, 0.1) is 0 Å². The van der Waals surface area contributed by atoms with Crippen molar-refractivity contribution in [3.63, 3.8) is 0 Å². The van der Waals surface area contributed by atoms with E-state index in [2.05, 4.69) is 0 Å². The summed E-state index contributed by atoms with van der Waals surface area (Å²) in [7, 11) is -9.77. The molecule has 12 heteroatoms. The van der Waals surface area contributed by atoms with Crippen molar-refractivity contribution in [3.8, 4) is 11.5 Å². The van der Waals surface area contributed by atoms with Crippen LogP contribution < -0.4 is 9.47 Å². The lowest BCUT2D eigenvalue weighted by molar-refractivity contribution is 0.105. The number of aliphatic hydroxyl groups excluding tert-OH is 2. The standard InChI is InChI=1S/C12H18O10S2/c1-7(13)5-21-10-3-9(23(15,16)17)4-11(24(18,19)20)12(10)22-6-8(2)14/h3-4,7-8,13-14H,5-6H2,1-2H3,(H,15,16,17)(H,18,19,20). The van der Waals surface area contributed by atoms with Gasteiger partial charge in [0.1, 0.15) is 18.1 Å². The predicted molar refractivity (Wildman–Crippen MR) is 80.4 cm³/mol.